The number of hydrazine groups is 1. The molecule has 1 aromatic rings. The normalized spacial score (nSPS) is 16.2. The third-order valence-electron chi connectivity index (χ3n) is 2.79. The number of aromatic nitrogens is 2. The molecule has 0 unspecified atom stereocenters. The summed E-state index contributed by atoms with van der Waals surface area (Å²) in [5.41, 5.74) is 3.45. The molecule has 0 fully saturated rings. The molecule has 0 radical (unpaired) electrons. The fourth-order valence-corrected chi connectivity index (χ4v) is 1.85. The van der Waals surface area contributed by atoms with Gasteiger partial charge in [0.1, 0.15) is 5.69 Å². The standard InChI is InChI=1S/C12H13N5O/c1-8(2)16-7-9-11(14-12(16)18)15-17-6-4-3-5-10(17)13-9/h3-8H,1-2H3,(H,14,15,18). The smallest absolute Gasteiger partial charge is 0.294 e. The van der Waals surface area contributed by atoms with Crippen molar-refractivity contribution in [2.24, 2.45) is 4.99 Å². The van der Waals surface area contributed by atoms with Gasteiger partial charge in [0.15, 0.2) is 11.7 Å². The van der Waals surface area contributed by atoms with Gasteiger partial charge in [-0.3, -0.25) is 9.99 Å². The zero-order valence-corrected chi connectivity index (χ0v) is 10.2. The average molecular weight is 243 g/mol. The number of rotatable bonds is 1. The van der Waals surface area contributed by atoms with Gasteiger partial charge in [-0.25, -0.2) is 14.8 Å². The quantitative estimate of drug-likeness (QED) is 0.813. The van der Waals surface area contributed by atoms with E-state index in [0.29, 0.717) is 11.5 Å². The van der Waals surface area contributed by atoms with E-state index in [0.717, 1.165) is 5.84 Å². The highest BCUT2D eigenvalue weighted by molar-refractivity contribution is 5.99. The number of nitrogens with one attached hydrogen (secondary N) is 1. The van der Waals surface area contributed by atoms with Crippen LogP contribution in [0.15, 0.2) is 40.4 Å². The van der Waals surface area contributed by atoms with E-state index in [1.165, 1.54) is 0 Å². The van der Waals surface area contributed by atoms with E-state index < -0.39 is 0 Å². The number of anilines is 1. The summed E-state index contributed by atoms with van der Waals surface area (Å²) in [4.78, 5) is 20.3. The van der Waals surface area contributed by atoms with Gasteiger partial charge in [0, 0.05) is 18.4 Å². The first kappa shape index (κ1) is 10.8. The van der Waals surface area contributed by atoms with Crippen LogP contribution in [0.5, 0.6) is 0 Å². The molecule has 0 saturated heterocycles. The minimum atomic E-state index is -0.272. The summed E-state index contributed by atoms with van der Waals surface area (Å²) in [5.74, 6) is 1.27. The van der Waals surface area contributed by atoms with Crippen LogP contribution in [0.1, 0.15) is 19.9 Å². The van der Waals surface area contributed by atoms with Crippen LogP contribution in [0.4, 0.5) is 11.5 Å². The highest BCUT2D eigenvalue weighted by atomic mass is 16.1. The minimum absolute atomic E-state index is 0.0651. The molecule has 0 amide bonds. The van der Waals surface area contributed by atoms with Gasteiger partial charge in [-0.15, -0.1) is 0 Å². The first-order chi connectivity index (χ1) is 8.65. The van der Waals surface area contributed by atoms with Gasteiger partial charge in [0.2, 0.25) is 0 Å². The van der Waals surface area contributed by atoms with Gasteiger partial charge in [-0.1, -0.05) is 6.08 Å². The Morgan fingerprint density at radius 1 is 1.33 bits per heavy atom. The Morgan fingerprint density at radius 2 is 2.17 bits per heavy atom. The van der Waals surface area contributed by atoms with Crippen molar-refractivity contribution in [1.82, 2.24) is 14.6 Å². The topological polar surface area (TPSA) is 62.5 Å². The summed E-state index contributed by atoms with van der Waals surface area (Å²) in [6.45, 7) is 3.88. The summed E-state index contributed by atoms with van der Waals surface area (Å²) >= 11 is 0. The van der Waals surface area contributed by atoms with E-state index in [9.17, 15) is 4.79 Å². The van der Waals surface area contributed by atoms with Crippen molar-refractivity contribution in [3.8, 4) is 0 Å². The lowest BCUT2D eigenvalue weighted by Crippen LogP contribution is -2.36. The van der Waals surface area contributed by atoms with Gasteiger partial charge in [0.25, 0.3) is 0 Å². The van der Waals surface area contributed by atoms with Crippen LogP contribution in [0.25, 0.3) is 0 Å². The van der Waals surface area contributed by atoms with E-state index in [2.05, 4.69) is 15.4 Å². The summed E-state index contributed by atoms with van der Waals surface area (Å²) < 4.78 is 1.57. The predicted octanol–water partition coefficient (Wildman–Crippen LogP) is 1.58. The Bertz CT molecular complexity index is 638. The molecule has 1 aromatic heterocycles. The van der Waals surface area contributed by atoms with Crippen LogP contribution in [0, 0.1) is 0 Å². The highest BCUT2D eigenvalue weighted by Gasteiger charge is 2.19. The molecule has 0 aliphatic carbocycles. The van der Waals surface area contributed by atoms with Crippen LogP contribution >= 0.6 is 0 Å². The Kier molecular flexibility index (Phi) is 2.29. The van der Waals surface area contributed by atoms with Gasteiger partial charge in [0.05, 0.1) is 0 Å². The van der Waals surface area contributed by atoms with Gasteiger partial charge in [-0.2, -0.15) is 4.98 Å². The van der Waals surface area contributed by atoms with Gasteiger partial charge >= 0.3 is 5.69 Å². The van der Waals surface area contributed by atoms with Gasteiger partial charge in [-0.05, 0) is 26.0 Å². The zero-order chi connectivity index (χ0) is 12.7. The Labute approximate surface area is 104 Å². The number of hydrogen-bond donors (Lipinski definition) is 1. The number of allylic oxidation sites excluding steroid dienone is 2. The molecule has 6 heteroatoms. The van der Waals surface area contributed by atoms with Crippen molar-refractivity contribution in [3.63, 3.8) is 0 Å². The summed E-state index contributed by atoms with van der Waals surface area (Å²) in [6, 6.07) is 0.0651. The highest BCUT2D eigenvalue weighted by Crippen LogP contribution is 2.27. The fourth-order valence-electron chi connectivity index (χ4n) is 1.85. The molecule has 0 atom stereocenters. The number of hydrogen-bond acceptors (Lipinski definition) is 5. The molecule has 0 aromatic carbocycles. The Hall–Kier alpha value is -2.37. The maximum atomic E-state index is 11.8. The fraction of sp³-hybridized carbons (Fsp3) is 0.250. The molecular weight excluding hydrogens is 230 g/mol. The molecule has 3 rings (SSSR count). The molecule has 3 heterocycles. The van der Waals surface area contributed by atoms with E-state index in [4.69, 9.17) is 0 Å². The lowest BCUT2D eigenvalue weighted by atomic mass is 10.3. The SMILES string of the molecule is CC(C)n1cc2c(nc1=O)NN1C=CC=CC1=N2. The number of aliphatic imine (C=N–C) groups is 1. The van der Waals surface area contributed by atoms with Crippen LogP contribution in [-0.2, 0) is 0 Å². The Balaban J connectivity index is 2.14. The van der Waals surface area contributed by atoms with Crippen molar-refractivity contribution in [2.75, 3.05) is 5.43 Å². The maximum absolute atomic E-state index is 11.8. The summed E-state index contributed by atoms with van der Waals surface area (Å²) in [5, 5.41) is 1.73. The van der Waals surface area contributed by atoms with Crippen LogP contribution < -0.4 is 11.1 Å². The largest absolute Gasteiger partial charge is 0.349 e. The van der Waals surface area contributed by atoms with Crippen molar-refractivity contribution in [1.29, 1.82) is 0 Å². The number of nitrogens with zero attached hydrogens (tertiary/aromatic N) is 4. The summed E-state index contributed by atoms with van der Waals surface area (Å²) in [6.07, 6.45) is 9.25. The van der Waals surface area contributed by atoms with Crippen LogP contribution in [0.2, 0.25) is 0 Å². The van der Waals surface area contributed by atoms with E-state index >= 15 is 0 Å². The lowest BCUT2D eigenvalue weighted by molar-refractivity contribution is 0.559. The van der Waals surface area contributed by atoms with Crippen LogP contribution in [-0.4, -0.2) is 20.4 Å². The molecule has 18 heavy (non-hydrogen) atoms. The molecule has 0 spiro atoms. The second-order valence-corrected chi connectivity index (χ2v) is 4.41. The predicted molar refractivity (Wildman–Crippen MR) is 69.7 cm³/mol. The first-order valence-electron chi connectivity index (χ1n) is 5.78. The second kappa shape index (κ2) is 3.83. The molecule has 0 saturated carbocycles. The monoisotopic (exact) mass is 243 g/mol. The third-order valence-corrected chi connectivity index (χ3v) is 2.79. The molecule has 92 valence electrons. The Morgan fingerprint density at radius 3 is 2.94 bits per heavy atom. The summed E-state index contributed by atoms with van der Waals surface area (Å²) in [7, 11) is 0. The third kappa shape index (κ3) is 1.62. The average Bonchev–Trinajstić information content (AvgIpc) is 2.35. The van der Waals surface area contributed by atoms with Gasteiger partial charge < -0.3 is 0 Å². The van der Waals surface area contributed by atoms with Crippen LogP contribution in [0.3, 0.4) is 0 Å². The van der Waals surface area contributed by atoms with E-state index in [-0.39, 0.29) is 11.7 Å². The van der Waals surface area contributed by atoms with Crippen molar-refractivity contribution in [2.45, 2.75) is 19.9 Å². The number of amidine groups is 1. The molecular formula is C12H13N5O. The molecule has 1 N–H and O–H groups in total. The molecule has 2 aliphatic heterocycles. The van der Waals surface area contributed by atoms with Crippen molar-refractivity contribution < 1.29 is 0 Å². The number of fused-ring (bicyclic) bond motifs is 2. The first-order valence-corrected chi connectivity index (χ1v) is 5.78. The second-order valence-electron chi connectivity index (χ2n) is 4.41. The maximum Gasteiger partial charge on any atom is 0.349 e. The molecule has 0 bridgehead atoms. The molecule has 6 nitrogen and oxygen atoms in total. The molecule has 2 aliphatic rings. The lowest BCUT2D eigenvalue weighted by Gasteiger charge is -2.28. The van der Waals surface area contributed by atoms with E-state index in [1.807, 2.05) is 38.3 Å². The van der Waals surface area contributed by atoms with Crippen molar-refractivity contribution in [3.05, 3.63) is 41.1 Å². The van der Waals surface area contributed by atoms with E-state index in [1.54, 1.807) is 15.8 Å². The van der Waals surface area contributed by atoms with Crippen molar-refractivity contribution >= 4 is 17.3 Å². The zero-order valence-electron chi connectivity index (χ0n) is 10.2. The minimum Gasteiger partial charge on any atom is -0.294 e.